The average Bonchev–Trinajstić information content (AvgIpc) is 2.96. The molecule has 246 valence electrons. The van der Waals surface area contributed by atoms with Gasteiger partial charge < -0.3 is 15.5 Å². The van der Waals surface area contributed by atoms with Gasteiger partial charge in [0.2, 0.25) is 5.91 Å². The van der Waals surface area contributed by atoms with Crippen molar-refractivity contribution in [1.29, 1.82) is 0 Å². The summed E-state index contributed by atoms with van der Waals surface area (Å²) >= 11 is 0. The van der Waals surface area contributed by atoms with Crippen LogP contribution in [0.1, 0.15) is 194 Å². The Morgan fingerprint density at radius 2 is 0.927 bits per heavy atom. The molecule has 0 unspecified atom stereocenters. The largest absolute Gasteiger partial charge is 0.394 e. The van der Waals surface area contributed by atoms with Crippen LogP contribution in [0.5, 0.6) is 0 Å². The van der Waals surface area contributed by atoms with Crippen LogP contribution in [0.25, 0.3) is 0 Å². The summed E-state index contributed by atoms with van der Waals surface area (Å²) in [5.41, 5.74) is 0. The number of aliphatic hydroxyl groups excluding tert-OH is 2. The number of carbonyl (C=O) groups is 1. The molecular formula is C36H72BrNO3. The van der Waals surface area contributed by atoms with E-state index in [0.29, 0.717) is 6.42 Å². The predicted molar refractivity (Wildman–Crippen MR) is 185 cm³/mol. The average molecular weight is 647 g/mol. The van der Waals surface area contributed by atoms with Gasteiger partial charge in [-0.2, -0.15) is 0 Å². The summed E-state index contributed by atoms with van der Waals surface area (Å²) in [6, 6.07) is -0.614. The minimum Gasteiger partial charge on any atom is -0.394 e. The molecule has 0 saturated carbocycles. The molecular weight excluding hydrogens is 574 g/mol. The molecule has 0 aliphatic heterocycles. The molecule has 0 aromatic heterocycles. The minimum atomic E-state index is -0.831. The van der Waals surface area contributed by atoms with Crippen molar-refractivity contribution < 1.29 is 15.0 Å². The van der Waals surface area contributed by atoms with Gasteiger partial charge in [0.1, 0.15) is 0 Å². The summed E-state index contributed by atoms with van der Waals surface area (Å²) in [5, 5.41) is 22.8. The quantitative estimate of drug-likeness (QED) is 0.0503. The van der Waals surface area contributed by atoms with Crippen molar-refractivity contribution in [3.05, 3.63) is 12.2 Å². The van der Waals surface area contributed by atoms with E-state index in [1.54, 1.807) is 6.08 Å². The highest BCUT2D eigenvalue weighted by molar-refractivity contribution is 8.93. The highest BCUT2D eigenvalue weighted by atomic mass is 79.9. The zero-order valence-electron chi connectivity index (χ0n) is 27.5. The number of rotatable bonds is 32. The van der Waals surface area contributed by atoms with Gasteiger partial charge in [0.05, 0.1) is 18.8 Å². The third kappa shape index (κ3) is 32.4. The lowest BCUT2D eigenvalue weighted by Gasteiger charge is -2.20. The molecule has 0 fully saturated rings. The van der Waals surface area contributed by atoms with E-state index in [9.17, 15) is 15.0 Å². The van der Waals surface area contributed by atoms with Crippen molar-refractivity contribution in [3.63, 3.8) is 0 Å². The maximum Gasteiger partial charge on any atom is 0.220 e. The molecule has 41 heavy (non-hydrogen) atoms. The zero-order valence-corrected chi connectivity index (χ0v) is 29.2. The lowest BCUT2D eigenvalue weighted by Crippen LogP contribution is -2.45. The van der Waals surface area contributed by atoms with Crippen LogP contribution in [0.15, 0.2) is 12.2 Å². The highest BCUT2D eigenvalue weighted by Gasteiger charge is 2.17. The van der Waals surface area contributed by atoms with E-state index in [1.807, 2.05) is 6.08 Å². The first-order valence-electron chi connectivity index (χ1n) is 17.9. The molecule has 0 heterocycles. The van der Waals surface area contributed by atoms with Crippen molar-refractivity contribution in [2.45, 2.75) is 206 Å². The SMILES string of the molecule is Br.CCCCCCCCCCCCC/C=C/[C@@H](O)[C@H](CO)NC(=O)CCCCCCCCCCCCCCCCC. The lowest BCUT2D eigenvalue weighted by atomic mass is 10.0. The van der Waals surface area contributed by atoms with E-state index in [-0.39, 0.29) is 29.5 Å². The van der Waals surface area contributed by atoms with Gasteiger partial charge in [0, 0.05) is 6.42 Å². The summed E-state index contributed by atoms with van der Waals surface area (Å²) in [6.07, 6.45) is 38.6. The Labute approximate surface area is 267 Å². The molecule has 4 nitrogen and oxygen atoms in total. The zero-order chi connectivity index (χ0) is 29.4. The van der Waals surface area contributed by atoms with Crippen molar-refractivity contribution in [2.24, 2.45) is 0 Å². The molecule has 2 atom stereocenters. The lowest BCUT2D eigenvalue weighted by molar-refractivity contribution is -0.123. The fraction of sp³-hybridized carbons (Fsp3) is 0.917. The van der Waals surface area contributed by atoms with Crippen LogP contribution in [0.3, 0.4) is 0 Å². The van der Waals surface area contributed by atoms with Gasteiger partial charge in [-0.3, -0.25) is 4.79 Å². The Morgan fingerprint density at radius 1 is 0.585 bits per heavy atom. The van der Waals surface area contributed by atoms with Crippen molar-refractivity contribution in [2.75, 3.05) is 6.61 Å². The number of allylic oxidation sites excluding steroid dienone is 1. The molecule has 0 radical (unpaired) electrons. The van der Waals surface area contributed by atoms with Gasteiger partial charge in [-0.15, -0.1) is 17.0 Å². The maximum atomic E-state index is 12.3. The second-order valence-corrected chi connectivity index (χ2v) is 12.3. The minimum absolute atomic E-state index is 0. The Balaban J connectivity index is 0. The standard InChI is InChI=1S/C36H71NO3.BrH/c1-3-5-7-9-11-13-15-17-18-20-22-24-26-28-30-32-36(40)37-34(33-38)35(39)31-29-27-25-23-21-19-16-14-12-10-8-6-4-2;/h29,31,34-35,38-39H,3-28,30,32-33H2,1-2H3,(H,37,40);1H/b31-29+;/t34-,35+;/m0./s1. The maximum absolute atomic E-state index is 12.3. The third-order valence-electron chi connectivity index (χ3n) is 8.27. The van der Waals surface area contributed by atoms with E-state index in [1.165, 1.54) is 148 Å². The van der Waals surface area contributed by atoms with Crippen LogP contribution in [0.4, 0.5) is 0 Å². The predicted octanol–water partition coefficient (Wildman–Crippen LogP) is 10.9. The Hall–Kier alpha value is -0.390. The molecule has 3 N–H and O–H groups in total. The van der Waals surface area contributed by atoms with Crippen molar-refractivity contribution in [1.82, 2.24) is 5.32 Å². The number of nitrogens with one attached hydrogen (secondary N) is 1. The molecule has 0 saturated heterocycles. The second kappa shape index (κ2) is 35.8. The van der Waals surface area contributed by atoms with Gasteiger partial charge in [-0.1, -0.05) is 180 Å². The number of amides is 1. The molecule has 1 amide bonds. The van der Waals surface area contributed by atoms with E-state index >= 15 is 0 Å². The van der Waals surface area contributed by atoms with Gasteiger partial charge >= 0.3 is 0 Å². The molecule has 0 aromatic carbocycles. The smallest absolute Gasteiger partial charge is 0.220 e. The number of hydrogen-bond acceptors (Lipinski definition) is 3. The molecule has 0 spiro atoms. The summed E-state index contributed by atoms with van der Waals surface area (Å²) < 4.78 is 0. The third-order valence-corrected chi connectivity index (χ3v) is 8.27. The Kier molecular flexibility index (Phi) is 37.3. The van der Waals surface area contributed by atoms with Gasteiger partial charge in [-0.05, 0) is 19.3 Å². The molecule has 0 rings (SSSR count). The van der Waals surface area contributed by atoms with Gasteiger partial charge in [-0.25, -0.2) is 0 Å². The van der Waals surface area contributed by atoms with Gasteiger partial charge in [0.25, 0.3) is 0 Å². The van der Waals surface area contributed by atoms with Crippen LogP contribution < -0.4 is 5.32 Å². The van der Waals surface area contributed by atoms with Crippen LogP contribution >= 0.6 is 17.0 Å². The summed E-state index contributed by atoms with van der Waals surface area (Å²) in [7, 11) is 0. The first-order chi connectivity index (χ1) is 19.7. The number of aliphatic hydroxyl groups is 2. The first kappa shape index (κ1) is 42.7. The van der Waals surface area contributed by atoms with E-state index < -0.39 is 12.1 Å². The number of carbonyl (C=O) groups excluding carboxylic acids is 1. The van der Waals surface area contributed by atoms with Gasteiger partial charge in [0.15, 0.2) is 0 Å². The van der Waals surface area contributed by atoms with Crippen LogP contribution in [-0.4, -0.2) is 34.9 Å². The Bertz CT molecular complexity index is 543. The van der Waals surface area contributed by atoms with E-state index in [2.05, 4.69) is 19.2 Å². The number of unbranched alkanes of at least 4 members (excludes halogenated alkanes) is 25. The van der Waals surface area contributed by atoms with Crippen molar-refractivity contribution in [3.8, 4) is 0 Å². The topological polar surface area (TPSA) is 69.6 Å². The summed E-state index contributed by atoms with van der Waals surface area (Å²) in [4.78, 5) is 12.3. The highest BCUT2D eigenvalue weighted by Crippen LogP contribution is 2.14. The van der Waals surface area contributed by atoms with E-state index in [0.717, 1.165) is 25.7 Å². The fourth-order valence-corrected chi connectivity index (χ4v) is 5.47. The summed E-state index contributed by atoms with van der Waals surface area (Å²) in [5.74, 6) is -0.0634. The Morgan fingerprint density at radius 3 is 1.29 bits per heavy atom. The number of halogens is 1. The van der Waals surface area contributed by atoms with E-state index in [4.69, 9.17) is 0 Å². The molecule has 0 bridgehead atoms. The van der Waals surface area contributed by atoms with Crippen LogP contribution in [0, 0.1) is 0 Å². The number of hydrogen-bond donors (Lipinski definition) is 3. The first-order valence-corrected chi connectivity index (χ1v) is 17.9. The fourth-order valence-electron chi connectivity index (χ4n) is 5.47. The normalized spacial score (nSPS) is 12.9. The molecule has 0 aliphatic rings. The monoisotopic (exact) mass is 645 g/mol. The van der Waals surface area contributed by atoms with Crippen LogP contribution in [0.2, 0.25) is 0 Å². The molecule has 0 aliphatic carbocycles. The second-order valence-electron chi connectivity index (χ2n) is 12.3. The molecule has 5 heteroatoms. The van der Waals surface area contributed by atoms with Crippen molar-refractivity contribution >= 4 is 22.9 Å². The summed E-state index contributed by atoms with van der Waals surface area (Å²) in [6.45, 7) is 4.30. The molecule has 0 aromatic rings. The van der Waals surface area contributed by atoms with Crippen LogP contribution in [-0.2, 0) is 4.79 Å².